The molecular formula is C12H19BrN2O. The number of aliphatic hydroxyl groups excluding tert-OH is 1. The molecule has 0 saturated carbocycles. The molecule has 0 radical (unpaired) electrons. The molecule has 1 aromatic heterocycles. The number of nitrogens with zero attached hydrogens (tertiary/aromatic N) is 2. The van der Waals surface area contributed by atoms with Gasteiger partial charge < -0.3 is 9.67 Å². The first kappa shape index (κ1) is 12.1. The quantitative estimate of drug-likeness (QED) is 0.862. The normalized spacial score (nSPS) is 20.9. The molecule has 0 bridgehead atoms. The van der Waals surface area contributed by atoms with E-state index in [0.29, 0.717) is 0 Å². The Labute approximate surface area is 105 Å². The fraction of sp³-hybridized carbons (Fsp3) is 0.750. The number of imidazole rings is 1. The fourth-order valence-corrected chi connectivity index (χ4v) is 2.92. The summed E-state index contributed by atoms with van der Waals surface area (Å²) >= 11 is 3.46. The van der Waals surface area contributed by atoms with Gasteiger partial charge in [0.05, 0.1) is 11.8 Å². The summed E-state index contributed by atoms with van der Waals surface area (Å²) in [6.07, 6.45) is 2.47. The van der Waals surface area contributed by atoms with Crippen LogP contribution in [0.25, 0.3) is 0 Å². The minimum Gasteiger partial charge on any atom is -0.387 e. The van der Waals surface area contributed by atoms with Gasteiger partial charge in [0.25, 0.3) is 0 Å². The summed E-state index contributed by atoms with van der Waals surface area (Å²) in [6.45, 7) is 7.61. The number of hydrogen-bond acceptors (Lipinski definition) is 2. The molecule has 0 amide bonds. The zero-order chi connectivity index (χ0) is 11.9. The molecule has 2 rings (SSSR count). The third-order valence-corrected chi connectivity index (χ3v) is 3.49. The van der Waals surface area contributed by atoms with E-state index in [-0.39, 0.29) is 11.5 Å². The van der Waals surface area contributed by atoms with Crippen LogP contribution >= 0.6 is 15.9 Å². The third kappa shape index (κ3) is 2.33. The van der Waals surface area contributed by atoms with Gasteiger partial charge in [-0.05, 0) is 34.2 Å². The number of fused-ring (bicyclic) bond motifs is 1. The monoisotopic (exact) mass is 286 g/mol. The van der Waals surface area contributed by atoms with Crippen molar-refractivity contribution < 1.29 is 5.11 Å². The van der Waals surface area contributed by atoms with E-state index < -0.39 is 0 Å². The van der Waals surface area contributed by atoms with Gasteiger partial charge in [0.1, 0.15) is 10.4 Å². The lowest BCUT2D eigenvalue weighted by Gasteiger charge is -2.24. The molecule has 3 nitrogen and oxygen atoms in total. The maximum absolute atomic E-state index is 9.96. The summed E-state index contributed by atoms with van der Waals surface area (Å²) in [7, 11) is 0. The molecule has 2 heterocycles. The molecule has 90 valence electrons. The van der Waals surface area contributed by atoms with Gasteiger partial charge in [-0.2, -0.15) is 0 Å². The molecule has 0 aliphatic carbocycles. The van der Waals surface area contributed by atoms with E-state index in [9.17, 15) is 5.11 Å². The molecule has 1 aliphatic heterocycles. The van der Waals surface area contributed by atoms with Crippen LogP contribution in [0.2, 0.25) is 0 Å². The highest BCUT2D eigenvalue weighted by Crippen LogP contribution is 2.33. The molecule has 1 aliphatic rings. The van der Waals surface area contributed by atoms with E-state index in [2.05, 4.69) is 46.3 Å². The topological polar surface area (TPSA) is 38.0 Å². The van der Waals surface area contributed by atoms with Crippen molar-refractivity contribution in [2.45, 2.75) is 52.7 Å². The Balaban J connectivity index is 2.38. The van der Waals surface area contributed by atoms with Crippen LogP contribution in [0.15, 0.2) is 4.60 Å². The van der Waals surface area contributed by atoms with Gasteiger partial charge in [-0.1, -0.05) is 20.8 Å². The summed E-state index contributed by atoms with van der Waals surface area (Å²) in [5, 5.41) is 9.96. The van der Waals surface area contributed by atoms with Crippen molar-refractivity contribution >= 4 is 15.9 Å². The largest absolute Gasteiger partial charge is 0.387 e. The van der Waals surface area contributed by atoms with Gasteiger partial charge in [0.15, 0.2) is 0 Å². The Morgan fingerprint density at radius 1 is 1.50 bits per heavy atom. The number of hydrogen-bond donors (Lipinski definition) is 1. The van der Waals surface area contributed by atoms with E-state index in [1.807, 2.05) is 0 Å². The van der Waals surface area contributed by atoms with Crippen LogP contribution in [0, 0.1) is 5.41 Å². The molecular weight excluding hydrogens is 268 g/mol. The van der Waals surface area contributed by atoms with Crippen LogP contribution in [0.1, 0.15) is 51.2 Å². The van der Waals surface area contributed by atoms with Crippen molar-refractivity contribution in [2.75, 3.05) is 0 Å². The summed E-state index contributed by atoms with van der Waals surface area (Å²) in [5.74, 6) is 1.09. The second-order valence-electron chi connectivity index (χ2n) is 5.75. The van der Waals surface area contributed by atoms with Crippen LogP contribution in [-0.4, -0.2) is 14.7 Å². The van der Waals surface area contributed by atoms with Crippen molar-refractivity contribution in [3.63, 3.8) is 0 Å². The number of aromatic nitrogens is 2. The van der Waals surface area contributed by atoms with Crippen molar-refractivity contribution in [3.05, 3.63) is 16.1 Å². The SMILES string of the molecule is CC(C)(C)Cc1nc(Br)c2n1CCCC2O. The van der Waals surface area contributed by atoms with Crippen molar-refractivity contribution in [1.29, 1.82) is 0 Å². The van der Waals surface area contributed by atoms with Crippen LogP contribution < -0.4 is 0 Å². The third-order valence-electron chi connectivity index (χ3n) is 2.90. The van der Waals surface area contributed by atoms with Crippen molar-refractivity contribution in [3.8, 4) is 0 Å². The lowest BCUT2D eigenvalue weighted by molar-refractivity contribution is 0.137. The van der Waals surface area contributed by atoms with Crippen LogP contribution in [0.4, 0.5) is 0 Å². The number of rotatable bonds is 1. The lowest BCUT2D eigenvalue weighted by Crippen LogP contribution is -2.20. The van der Waals surface area contributed by atoms with E-state index in [1.54, 1.807) is 0 Å². The fourth-order valence-electron chi connectivity index (χ4n) is 2.24. The Morgan fingerprint density at radius 2 is 2.19 bits per heavy atom. The van der Waals surface area contributed by atoms with E-state index in [4.69, 9.17) is 0 Å². The minimum atomic E-state index is -0.357. The predicted octanol–water partition coefficient (Wildman–Crippen LogP) is 3.06. The lowest BCUT2D eigenvalue weighted by atomic mass is 9.92. The standard InChI is InChI=1S/C12H19BrN2O/c1-12(2,3)7-9-14-11(13)10-8(16)5-4-6-15(9)10/h8,16H,4-7H2,1-3H3. The molecule has 4 heteroatoms. The molecule has 0 spiro atoms. The zero-order valence-electron chi connectivity index (χ0n) is 10.1. The first-order valence-corrected chi connectivity index (χ1v) is 6.60. The summed E-state index contributed by atoms with van der Waals surface area (Å²) in [4.78, 5) is 4.55. The van der Waals surface area contributed by atoms with E-state index >= 15 is 0 Å². The molecule has 0 fully saturated rings. The van der Waals surface area contributed by atoms with Crippen molar-refractivity contribution in [2.24, 2.45) is 5.41 Å². The van der Waals surface area contributed by atoms with E-state index in [1.165, 1.54) is 0 Å². The molecule has 1 atom stereocenters. The maximum atomic E-state index is 9.96. The van der Waals surface area contributed by atoms with Gasteiger partial charge in [-0.3, -0.25) is 0 Å². The molecule has 0 aromatic carbocycles. The van der Waals surface area contributed by atoms with E-state index in [0.717, 1.165) is 41.9 Å². The van der Waals surface area contributed by atoms with Crippen LogP contribution in [0.3, 0.4) is 0 Å². The Kier molecular flexibility index (Phi) is 3.14. The van der Waals surface area contributed by atoms with Crippen LogP contribution in [0.5, 0.6) is 0 Å². The average Bonchev–Trinajstić information content (AvgIpc) is 2.42. The molecule has 0 saturated heterocycles. The second kappa shape index (κ2) is 4.15. The number of halogens is 1. The van der Waals surface area contributed by atoms with Gasteiger partial charge in [0.2, 0.25) is 0 Å². The highest BCUT2D eigenvalue weighted by Gasteiger charge is 2.27. The van der Waals surface area contributed by atoms with Gasteiger partial charge in [-0.15, -0.1) is 0 Å². The average molecular weight is 287 g/mol. The molecule has 1 N–H and O–H groups in total. The summed E-state index contributed by atoms with van der Waals surface area (Å²) in [5.41, 5.74) is 1.19. The molecule has 1 unspecified atom stereocenters. The predicted molar refractivity (Wildman–Crippen MR) is 67.3 cm³/mol. The highest BCUT2D eigenvalue weighted by atomic mass is 79.9. The number of aliphatic hydroxyl groups is 1. The Morgan fingerprint density at radius 3 is 2.81 bits per heavy atom. The van der Waals surface area contributed by atoms with Gasteiger partial charge in [-0.25, -0.2) is 4.98 Å². The van der Waals surface area contributed by atoms with Gasteiger partial charge in [0, 0.05) is 13.0 Å². The smallest absolute Gasteiger partial charge is 0.130 e. The van der Waals surface area contributed by atoms with Crippen LogP contribution in [-0.2, 0) is 13.0 Å². The highest BCUT2D eigenvalue weighted by molar-refractivity contribution is 9.10. The van der Waals surface area contributed by atoms with Gasteiger partial charge >= 0.3 is 0 Å². The zero-order valence-corrected chi connectivity index (χ0v) is 11.7. The Bertz CT molecular complexity index is 392. The second-order valence-corrected chi connectivity index (χ2v) is 6.50. The first-order chi connectivity index (χ1) is 7.38. The molecule has 16 heavy (non-hydrogen) atoms. The summed E-state index contributed by atoms with van der Waals surface area (Å²) < 4.78 is 3.00. The molecule has 1 aromatic rings. The maximum Gasteiger partial charge on any atom is 0.130 e. The van der Waals surface area contributed by atoms with Crippen molar-refractivity contribution in [1.82, 2.24) is 9.55 Å². The summed E-state index contributed by atoms with van der Waals surface area (Å²) in [6, 6.07) is 0. The Hall–Kier alpha value is -0.350. The minimum absolute atomic E-state index is 0.226. The first-order valence-electron chi connectivity index (χ1n) is 5.81.